The van der Waals surface area contributed by atoms with Crippen LogP contribution in [0.15, 0.2) is 18.2 Å². The largest absolute Gasteiger partial charge is 0.494 e. The van der Waals surface area contributed by atoms with Gasteiger partial charge in [0.2, 0.25) is 5.91 Å². The van der Waals surface area contributed by atoms with Crippen LogP contribution in [0.3, 0.4) is 0 Å². The van der Waals surface area contributed by atoms with Crippen molar-refractivity contribution in [2.75, 3.05) is 25.5 Å². The molecular formula is C15H20N6O2. The first-order chi connectivity index (χ1) is 11.1. The number of nitrogens with zero attached hydrogens (tertiary/aromatic N) is 4. The number of tetrazole rings is 1. The third kappa shape index (κ3) is 3.02. The normalized spacial score (nSPS) is 15.8. The number of aromatic nitrogens is 4. The van der Waals surface area contributed by atoms with E-state index in [4.69, 9.17) is 4.74 Å². The minimum absolute atomic E-state index is 0.0149. The zero-order valence-electron chi connectivity index (χ0n) is 13.4. The number of hydrogen-bond acceptors (Lipinski definition) is 6. The van der Waals surface area contributed by atoms with E-state index in [1.54, 1.807) is 24.8 Å². The number of ether oxygens (including phenoxy) is 1. The van der Waals surface area contributed by atoms with Gasteiger partial charge in [0.25, 0.3) is 0 Å². The molecule has 1 amide bonds. The van der Waals surface area contributed by atoms with Crippen LogP contribution in [0.5, 0.6) is 5.75 Å². The van der Waals surface area contributed by atoms with Crippen molar-refractivity contribution in [3.8, 4) is 11.4 Å². The lowest BCUT2D eigenvalue weighted by atomic mass is 9.88. The Morgan fingerprint density at radius 1 is 1.48 bits per heavy atom. The van der Waals surface area contributed by atoms with Gasteiger partial charge in [0.05, 0.1) is 7.11 Å². The number of benzene rings is 1. The summed E-state index contributed by atoms with van der Waals surface area (Å²) in [4.78, 5) is 12.3. The summed E-state index contributed by atoms with van der Waals surface area (Å²) in [5.74, 6) is 1.66. The second-order valence-electron chi connectivity index (χ2n) is 5.72. The average molecular weight is 316 g/mol. The van der Waals surface area contributed by atoms with Crippen molar-refractivity contribution < 1.29 is 9.53 Å². The topological polar surface area (TPSA) is 94.0 Å². The maximum atomic E-state index is 12.3. The molecule has 1 saturated heterocycles. The third-order valence-electron chi connectivity index (χ3n) is 4.23. The smallest absolute Gasteiger partial charge is 0.227 e. The molecule has 1 aliphatic heterocycles. The highest BCUT2D eigenvalue weighted by atomic mass is 16.5. The molecule has 0 aliphatic carbocycles. The number of rotatable bonds is 5. The van der Waals surface area contributed by atoms with Gasteiger partial charge in [0, 0.05) is 11.6 Å². The third-order valence-corrected chi connectivity index (χ3v) is 4.23. The maximum absolute atomic E-state index is 12.3. The Hall–Kier alpha value is -2.48. The fraction of sp³-hybridized carbons (Fsp3) is 0.467. The van der Waals surface area contributed by atoms with E-state index in [0.29, 0.717) is 28.9 Å². The summed E-state index contributed by atoms with van der Waals surface area (Å²) >= 11 is 0. The van der Waals surface area contributed by atoms with E-state index in [0.717, 1.165) is 13.1 Å². The summed E-state index contributed by atoms with van der Waals surface area (Å²) in [6.07, 6.45) is 0. The molecule has 0 saturated carbocycles. The molecule has 8 nitrogen and oxygen atoms in total. The van der Waals surface area contributed by atoms with E-state index >= 15 is 0 Å². The molecule has 1 atom stereocenters. The van der Waals surface area contributed by atoms with E-state index in [1.165, 1.54) is 0 Å². The minimum atomic E-state index is -0.0309. The van der Waals surface area contributed by atoms with Gasteiger partial charge in [0.15, 0.2) is 5.82 Å². The number of carbonyl (C=O) groups excluding carboxylic acids is 1. The zero-order chi connectivity index (χ0) is 16.4. The van der Waals surface area contributed by atoms with E-state index in [9.17, 15) is 4.79 Å². The lowest BCUT2D eigenvalue weighted by Crippen LogP contribution is -2.48. The SMILES string of the molecule is COc1ccc(NC(=O)C(C)C2CNC2)cc1-n1nnnc1C. The van der Waals surface area contributed by atoms with Crippen LogP contribution in [-0.2, 0) is 4.79 Å². The summed E-state index contributed by atoms with van der Waals surface area (Å²) in [7, 11) is 1.59. The number of anilines is 1. The van der Waals surface area contributed by atoms with Crippen molar-refractivity contribution in [2.24, 2.45) is 11.8 Å². The highest BCUT2D eigenvalue weighted by Gasteiger charge is 2.28. The van der Waals surface area contributed by atoms with Gasteiger partial charge in [0.1, 0.15) is 11.4 Å². The molecule has 3 rings (SSSR count). The second-order valence-corrected chi connectivity index (χ2v) is 5.72. The summed E-state index contributed by atoms with van der Waals surface area (Å²) in [6.45, 7) is 5.55. The number of nitrogens with one attached hydrogen (secondary N) is 2. The van der Waals surface area contributed by atoms with Crippen molar-refractivity contribution in [1.82, 2.24) is 25.5 Å². The number of carbonyl (C=O) groups is 1. The van der Waals surface area contributed by atoms with Crippen LogP contribution in [0.4, 0.5) is 5.69 Å². The quantitative estimate of drug-likeness (QED) is 0.846. The van der Waals surface area contributed by atoms with Crippen LogP contribution in [0.25, 0.3) is 5.69 Å². The van der Waals surface area contributed by atoms with E-state index in [-0.39, 0.29) is 11.8 Å². The molecule has 8 heteroatoms. The highest BCUT2D eigenvalue weighted by Crippen LogP contribution is 2.27. The van der Waals surface area contributed by atoms with Crippen LogP contribution in [0.1, 0.15) is 12.7 Å². The second kappa shape index (κ2) is 6.33. The van der Waals surface area contributed by atoms with Gasteiger partial charge in [-0.05, 0) is 54.6 Å². The predicted molar refractivity (Wildman–Crippen MR) is 84.6 cm³/mol. The van der Waals surface area contributed by atoms with Gasteiger partial charge in [-0.3, -0.25) is 4.79 Å². The van der Waals surface area contributed by atoms with Crippen LogP contribution in [0, 0.1) is 18.8 Å². The number of aryl methyl sites for hydroxylation is 1. The summed E-state index contributed by atoms with van der Waals surface area (Å²) in [5.41, 5.74) is 1.38. The molecule has 0 spiro atoms. The first kappa shape index (κ1) is 15.4. The van der Waals surface area contributed by atoms with Crippen molar-refractivity contribution in [3.63, 3.8) is 0 Å². The number of methoxy groups -OCH3 is 1. The summed E-state index contributed by atoms with van der Waals surface area (Å²) in [6, 6.07) is 5.42. The molecule has 2 N–H and O–H groups in total. The monoisotopic (exact) mass is 316 g/mol. The van der Waals surface area contributed by atoms with Crippen molar-refractivity contribution in [3.05, 3.63) is 24.0 Å². The van der Waals surface area contributed by atoms with Crippen LogP contribution >= 0.6 is 0 Å². The first-order valence-electron chi connectivity index (χ1n) is 7.55. The van der Waals surface area contributed by atoms with Crippen molar-refractivity contribution >= 4 is 11.6 Å². The standard InChI is InChI=1S/C15H20N6O2/c1-9(11-7-16-8-11)15(22)17-12-4-5-14(23-3)13(6-12)21-10(2)18-19-20-21/h4-6,9,11,16H,7-8H2,1-3H3,(H,17,22). The Bertz CT molecular complexity index is 710. The van der Waals surface area contributed by atoms with E-state index in [1.807, 2.05) is 19.1 Å². The molecular weight excluding hydrogens is 296 g/mol. The Morgan fingerprint density at radius 3 is 2.83 bits per heavy atom. The Labute approximate surface area is 134 Å². The molecule has 1 aliphatic rings. The fourth-order valence-corrected chi connectivity index (χ4v) is 2.52. The van der Waals surface area contributed by atoms with Crippen LogP contribution in [-0.4, -0.2) is 46.3 Å². The first-order valence-corrected chi connectivity index (χ1v) is 7.55. The van der Waals surface area contributed by atoms with Crippen molar-refractivity contribution in [1.29, 1.82) is 0 Å². The molecule has 1 aromatic carbocycles. The van der Waals surface area contributed by atoms with Crippen LogP contribution in [0.2, 0.25) is 0 Å². The Kier molecular flexibility index (Phi) is 4.24. The minimum Gasteiger partial charge on any atom is -0.494 e. The number of amides is 1. The zero-order valence-corrected chi connectivity index (χ0v) is 13.4. The van der Waals surface area contributed by atoms with Crippen LogP contribution < -0.4 is 15.4 Å². The van der Waals surface area contributed by atoms with Gasteiger partial charge in [-0.1, -0.05) is 6.92 Å². The van der Waals surface area contributed by atoms with Crippen molar-refractivity contribution in [2.45, 2.75) is 13.8 Å². The highest BCUT2D eigenvalue weighted by molar-refractivity contribution is 5.93. The maximum Gasteiger partial charge on any atom is 0.227 e. The Balaban J connectivity index is 1.83. The molecule has 1 unspecified atom stereocenters. The lowest BCUT2D eigenvalue weighted by Gasteiger charge is -2.31. The van der Waals surface area contributed by atoms with Gasteiger partial charge in [-0.25, -0.2) is 0 Å². The van der Waals surface area contributed by atoms with Gasteiger partial charge in [-0.15, -0.1) is 5.10 Å². The molecule has 23 heavy (non-hydrogen) atoms. The van der Waals surface area contributed by atoms with Gasteiger partial charge < -0.3 is 15.4 Å². The van der Waals surface area contributed by atoms with Gasteiger partial charge in [-0.2, -0.15) is 4.68 Å². The molecule has 0 radical (unpaired) electrons. The predicted octanol–water partition coefficient (Wildman–Crippen LogP) is 0.773. The van der Waals surface area contributed by atoms with E-state index < -0.39 is 0 Å². The molecule has 122 valence electrons. The summed E-state index contributed by atoms with van der Waals surface area (Å²) < 4.78 is 6.94. The Morgan fingerprint density at radius 2 is 2.26 bits per heavy atom. The number of hydrogen-bond donors (Lipinski definition) is 2. The lowest BCUT2D eigenvalue weighted by molar-refractivity contribution is -0.121. The fourth-order valence-electron chi connectivity index (χ4n) is 2.52. The molecule has 2 aromatic rings. The van der Waals surface area contributed by atoms with E-state index in [2.05, 4.69) is 26.2 Å². The molecule has 2 heterocycles. The average Bonchev–Trinajstić information content (AvgIpc) is 2.91. The molecule has 0 bridgehead atoms. The van der Waals surface area contributed by atoms with Gasteiger partial charge >= 0.3 is 0 Å². The molecule has 1 aromatic heterocycles. The molecule has 1 fully saturated rings. The summed E-state index contributed by atoms with van der Waals surface area (Å²) in [5, 5.41) is 17.6.